The number of halogens is 4. The van der Waals surface area contributed by atoms with Gasteiger partial charge in [0.25, 0.3) is 0 Å². The predicted molar refractivity (Wildman–Crippen MR) is 75.1 cm³/mol. The van der Waals surface area contributed by atoms with Crippen LogP contribution in [0.15, 0.2) is 12.2 Å². The van der Waals surface area contributed by atoms with E-state index >= 15 is 0 Å². The lowest BCUT2D eigenvalue weighted by Crippen LogP contribution is -2.46. The van der Waals surface area contributed by atoms with E-state index in [1.54, 1.807) is 0 Å². The van der Waals surface area contributed by atoms with Gasteiger partial charge >= 0.3 is 27.3 Å². The maximum atomic E-state index is 13.2. The van der Waals surface area contributed by atoms with Gasteiger partial charge in [-0.25, -0.2) is 0 Å². The first kappa shape index (κ1) is 19.2. The van der Waals surface area contributed by atoms with Gasteiger partial charge in [0.2, 0.25) is 0 Å². The Hall–Kier alpha value is -1.16. The molecule has 0 spiro atoms. The van der Waals surface area contributed by atoms with Crippen molar-refractivity contribution in [1.29, 1.82) is 0 Å². The summed E-state index contributed by atoms with van der Waals surface area (Å²) in [6.07, 6.45) is 3.55. The van der Waals surface area contributed by atoms with Crippen molar-refractivity contribution in [1.82, 2.24) is 0 Å². The molecule has 24 heavy (non-hydrogen) atoms. The second-order valence-electron chi connectivity index (χ2n) is 6.21. The van der Waals surface area contributed by atoms with Crippen molar-refractivity contribution < 1.29 is 40.1 Å². The third kappa shape index (κ3) is 3.74. The van der Waals surface area contributed by atoms with E-state index in [2.05, 4.69) is 0 Å². The number of carbonyl (C=O) groups excluding carboxylic acids is 1. The van der Waals surface area contributed by atoms with Gasteiger partial charge in [-0.1, -0.05) is 12.2 Å². The van der Waals surface area contributed by atoms with Crippen LogP contribution in [-0.2, 0) is 19.6 Å². The van der Waals surface area contributed by atoms with Gasteiger partial charge in [-0.05, 0) is 37.5 Å². The van der Waals surface area contributed by atoms with Gasteiger partial charge in [0, 0.05) is 6.42 Å². The predicted octanol–water partition coefficient (Wildman–Crippen LogP) is 3.03. The third-order valence-electron chi connectivity index (χ3n) is 4.46. The molecule has 10 heteroatoms. The molecule has 2 bridgehead atoms. The lowest BCUT2D eigenvalue weighted by atomic mass is 9.94. The summed E-state index contributed by atoms with van der Waals surface area (Å²) in [5.74, 6) is -5.07. The second-order valence-corrected chi connectivity index (χ2v) is 7.67. The summed E-state index contributed by atoms with van der Waals surface area (Å²) in [4.78, 5) is 11.8. The normalized spacial score (nSPS) is 26.8. The molecule has 0 aromatic heterocycles. The average Bonchev–Trinajstić information content (AvgIpc) is 3.07. The summed E-state index contributed by atoms with van der Waals surface area (Å²) in [6.45, 7) is -0.204. The van der Waals surface area contributed by atoms with Crippen molar-refractivity contribution in [3.05, 3.63) is 12.2 Å². The molecule has 1 N–H and O–H groups in total. The first-order valence-corrected chi connectivity index (χ1v) is 8.97. The van der Waals surface area contributed by atoms with Crippen LogP contribution in [-0.4, -0.2) is 36.7 Å². The molecule has 0 saturated heterocycles. The number of hydrogen-bond donors (Lipinski definition) is 1. The minimum absolute atomic E-state index is 0.112. The van der Waals surface area contributed by atoms with Gasteiger partial charge < -0.3 is 4.74 Å². The van der Waals surface area contributed by atoms with Gasteiger partial charge in [-0.2, -0.15) is 26.0 Å². The van der Waals surface area contributed by atoms with E-state index in [-0.39, 0.29) is 24.9 Å². The quantitative estimate of drug-likeness (QED) is 0.232. The molecule has 1 saturated carbocycles. The summed E-state index contributed by atoms with van der Waals surface area (Å²) in [6, 6.07) is 0. The van der Waals surface area contributed by atoms with Gasteiger partial charge in [-0.15, -0.1) is 0 Å². The first-order chi connectivity index (χ1) is 11.0. The topological polar surface area (TPSA) is 80.7 Å². The maximum absolute atomic E-state index is 13.2. The second kappa shape index (κ2) is 6.62. The molecule has 0 radical (unpaired) electrons. The van der Waals surface area contributed by atoms with Crippen LogP contribution in [0.2, 0.25) is 0 Å². The Morgan fingerprint density at radius 2 is 1.83 bits per heavy atom. The van der Waals surface area contributed by atoms with Crippen molar-refractivity contribution in [2.24, 2.45) is 17.8 Å². The van der Waals surface area contributed by atoms with Crippen LogP contribution in [0.3, 0.4) is 0 Å². The van der Waals surface area contributed by atoms with E-state index in [0.717, 1.165) is 6.42 Å². The van der Waals surface area contributed by atoms with E-state index in [4.69, 9.17) is 9.29 Å². The van der Waals surface area contributed by atoms with Gasteiger partial charge in [0.1, 0.15) is 0 Å². The van der Waals surface area contributed by atoms with Crippen LogP contribution < -0.4 is 0 Å². The summed E-state index contributed by atoms with van der Waals surface area (Å²) < 4.78 is 86.2. The zero-order valence-corrected chi connectivity index (χ0v) is 13.4. The Kier molecular flexibility index (Phi) is 5.29. The Labute approximate surface area is 136 Å². The Balaban J connectivity index is 1.71. The summed E-state index contributed by atoms with van der Waals surface area (Å²) >= 11 is 0. The number of allylic oxidation sites excluding steroid dienone is 2. The summed E-state index contributed by atoms with van der Waals surface area (Å²) in [7, 11) is -6.21. The Morgan fingerprint density at radius 3 is 2.33 bits per heavy atom. The van der Waals surface area contributed by atoms with Crippen LogP contribution in [0, 0.1) is 17.8 Å². The fraction of sp³-hybridized carbons (Fsp3) is 0.786. The van der Waals surface area contributed by atoms with Gasteiger partial charge in [0.05, 0.1) is 12.5 Å². The average molecular weight is 374 g/mol. The number of unbranched alkanes of at least 4 members (excludes halogenated alkanes) is 1. The Bertz CT molecular complexity index is 617. The fourth-order valence-corrected chi connectivity index (χ4v) is 3.59. The van der Waals surface area contributed by atoms with Crippen molar-refractivity contribution >= 4 is 16.1 Å². The smallest absolute Gasteiger partial charge is 0.431 e. The molecule has 1 fully saturated rings. The molecule has 0 aromatic carbocycles. The third-order valence-corrected chi connectivity index (χ3v) is 5.41. The van der Waals surface area contributed by atoms with E-state index in [1.165, 1.54) is 0 Å². The minimum atomic E-state index is -6.21. The molecule has 2 aliphatic carbocycles. The summed E-state index contributed by atoms with van der Waals surface area (Å²) in [5, 5.41) is -5.55. The number of rotatable bonds is 8. The molecule has 0 heterocycles. The highest BCUT2D eigenvalue weighted by atomic mass is 32.2. The highest BCUT2D eigenvalue weighted by molar-refractivity contribution is 7.87. The van der Waals surface area contributed by atoms with Crippen LogP contribution in [0.25, 0.3) is 0 Å². The van der Waals surface area contributed by atoms with Crippen LogP contribution in [0.5, 0.6) is 0 Å². The lowest BCUT2D eigenvalue weighted by molar-refractivity contribution is -0.165. The molecular weight excluding hydrogens is 356 g/mol. The standard InChI is InChI=1S/C14H18F4O5S/c15-13(16,14(17,18)24(20,21)22)5-1-2-6-23-12(19)11-8-9-3-4-10(11)7-9/h3-4,9-11H,1-2,5-8H2,(H,20,21,22). The monoisotopic (exact) mass is 374 g/mol. The fourth-order valence-electron chi connectivity index (χ4n) is 3.11. The molecule has 0 amide bonds. The summed E-state index contributed by atoms with van der Waals surface area (Å²) in [5.41, 5.74) is 0. The number of esters is 1. The largest absolute Gasteiger partial charge is 0.465 e. The van der Waals surface area contributed by atoms with E-state index < -0.39 is 40.1 Å². The zero-order valence-electron chi connectivity index (χ0n) is 12.6. The number of hydrogen-bond acceptors (Lipinski definition) is 4. The molecule has 2 rings (SSSR count). The van der Waals surface area contributed by atoms with Crippen molar-refractivity contribution in [3.8, 4) is 0 Å². The SMILES string of the molecule is O=C(OCCCCC(F)(F)C(F)(F)S(=O)(=O)O)C1CC2C=CC1C2. The van der Waals surface area contributed by atoms with Crippen molar-refractivity contribution in [3.63, 3.8) is 0 Å². The van der Waals surface area contributed by atoms with Crippen LogP contribution >= 0.6 is 0 Å². The number of ether oxygens (including phenoxy) is 1. The highest BCUT2D eigenvalue weighted by Crippen LogP contribution is 2.44. The maximum Gasteiger partial charge on any atom is 0.431 e. The molecular formula is C14H18F4O5S. The van der Waals surface area contributed by atoms with Gasteiger partial charge in [0.15, 0.2) is 0 Å². The van der Waals surface area contributed by atoms with E-state index in [0.29, 0.717) is 12.3 Å². The van der Waals surface area contributed by atoms with E-state index in [1.807, 2.05) is 12.2 Å². The Morgan fingerprint density at radius 1 is 1.17 bits per heavy atom. The molecule has 2 aliphatic rings. The van der Waals surface area contributed by atoms with Crippen molar-refractivity contribution in [2.75, 3.05) is 6.61 Å². The van der Waals surface area contributed by atoms with Crippen LogP contribution in [0.4, 0.5) is 17.6 Å². The lowest BCUT2D eigenvalue weighted by Gasteiger charge is -2.23. The highest BCUT2D eigenvalue weighted by Gasteiger charge is 2.64. The molecule has 3 unspecified atom stereocenters. The van der Waals surface area contributed by atoms with Crippen LogP contribution in [0.1, 0.15) is 32.1 Å². The molecule has 5 nitrogen and oxygen atoms in total. The zero-order chi connectivity index (χ0) is 18.2. The molecule has 3 atom stereocenters. The minimum Gasteiger partial charge on any atom is -0.465 e. The first-order valence-electron chi connectivity index (χ1n) is 7.53. The number of fused-ring (bicyclic) bond motifs is 2. The van der Waals surface area contributed by atoms with E-state index in [9.17, 15) is 30.8 Å². The number of alkyl halides is 4. The molecule has 0 aromatic rings. The van der Waals surface area contributed by atoms with Gasteiger partial charge in [-0.3, -0.25) is 9.35 Å². The van der Waals surface area contributed by atoms with Crippen molar-refractivity contribution in [2.45, 2.75) is 43.3 Å². The number of carbonyl (C=O) groups is 1. The molecule has 138 valence electrons. The molecule has 0 aliphatic heterocycles.